The van der Waals surface area contributed by atoms with Crippen LogP contribution in [0.1, 0.15) is 32.1 Å². The molecule has 0 bridgehead atoms. The number of carbonyl (C=O) groups excluding carboxylic acids is 3. The predicted molar refractivity (Wildman–Crippen MR) is 97.6 cm³/mol. The van der Waals surface area contributed by atoms with Crippen LogP contribution in [-0.4, -0.2) is 55.1 Å². The zero-order valence-electron chi connectivity index (χ0n) is 15.5. The molecule has 0 aromatic heterocycles. The molecule has 1 aliphatic carbocycles. The Morgan fingerprint density at radius 2 is 1.89 bits per heavy atom. The number of hydrogen-bond acceptors (Lipinski definition) is 5. The van der Waals surface area contributed by atoms with Gasteiger partial charge >= 0.3 is 6.03 Å². The zero-order valence-corrected chi connectivity index (χ0v) is 15.5. The molecule has 8 heteroatoms. The Hall–Kier alpha value is -2.77. The third-order valence-electron chi connectivity index (χ3n) is 5.01. The van der Waals surface area contributed by atoms with Crippen LogP contribution in [0, 0.1) is 0 Å². The number of rotatable bonds is 7. The maximum absolute atomic E-state index is 12.6. The summed E-state index contributed by atoms with van der Waals surface area (Å²) < 4.78 is 10.8. The molecule has 0 radical (unpaired) electrons. The molecule has 1 aliphatic heterocycles. The first-order chi connectivity index (χ1) is 13.1. The molecule has 0 unspecified atom stereocenters. The average molecular weight is 375 g/mol. The number of ether oxygens (including phenoxy) is 2. The normalized spacial score (nSPS) is 18.3. The van der Waals surface area contributed by atoms with Crippen molar-refractivity contribution >= 4 is 17.8 Å². The van der Waals surface area contributed by atoms with Crippen LogP contribution in [-0.2, 0) is 9.59 Å². The van der Waals surface area contributed by atoms with Crippen LogP contribution >= 0.6 is 0 Å². The highest BCUT2D eigenvalue weighted by Gasteiger charge is 2.51. The van der Waals surface area contributed by atoms with E-state index >= 15 is 0 Å². The summed E-state index contributed by atoms with van der Waals surface area (Å²) in [5.41, 5.74) is -0.803. The molecule has 4 amide bonds. The van der Waals surface area contributed by atoms with Crippen molar-refractivity contribution in [1.82, 2.24) is 15.5 Å². The van der Waals surface area contributed by atoms with Crippen LogP contribution in [0.2, 0.25) is 0 Å². The van der Waals surface area contributed by atoms with Gasteiger partial charge in [0.05, 0.1) is 13.7 Å². The van der Waals surface area contributed by atoms with Gasteiger partial charge in [0, 0.05) is 0 Å². The first kappa shape index (κ1) is 19.0. The standard InChI is InChI=1S/C19H25N3O5/c1-26-14-7-3-4-8-15(14)27-12-11-20-16(23)13-22-17(24)19(21-18(22)25)9-5-2-6-10-19/h3-4,7-8H,2,5-6,9-13H2,1H3,(H,20,23)(H,21,25). The maximum Gasteiger partial charge on any atom is 0.325 e. The Balaban J connectivity index is 1.45. The third-order valence-corrected chi connectivity index (χ3v) is 5.01. The van der Waals surface area contributed by atoms with E-state index in [9.17, 15) is 14.4 Å². The molecule has 8 nitrogen and oxygen atoms in total. The van der Waals surface area contributed by atoms with Gasteiger partial charge in [0.2, 0.25) is 5.91 Å². The lowest BCUT2D eigenvalue weighted by Gasteiger charge is -2.30. The topological polar surface area (TPSA) is 97.0 Å². The Bertz CT molecular complexity index is 715. The van der Waals surface area contributed by atoms with Crippen LogP contribution < -0.4 is 20.1 Å². The molecule has 2 fully saturated rings. The van der Waals surface area contributed by atoms with Crippen LogP contribution in [0.15, 0.2) is 24.3 Å². The summed E-state index contributed by atoms with van der Waals surface area (Å²) >= 11 is 0. The van der Waals surface area contributed by atoms with Crippen molar-refractivity contribution < 1.29 is 23.9 Å². The lowest BCUT2D eigenvalue weighted by atomic mass is 9.82. The largest absolute Gasteiger partial charge is 0.493 e. The minimum Gasteiger partial charge on any atom is -0.493 e. The maximum atomic E-state index is 12.6. The number of amides is 4. The van der Waals surface area contributed by atoms with Crippen molar-refractivity contribution in [3.05, 3.63) is 24.3 Å². The van der Waals surface area contributed by atoms with Gasteiger partial charge in [-0.3, -0.25) is 14.5 Å². The molecule has 1 saturated heterocycles. The summed E-state index contributed by atoms with van der Waals surface area (Å²) in [5, 5.41) is 5.47. The zero-order chi connectivity index (χ0) is 19.3. The van der Waals surface area contributed by atoms with E-state index in [2.05, 4.69) is 10.6 Å². The molecule has 3 rings (SSSR count). The van der Waals surface area contributed by atoms with E-state index in [0.29, 0.717) is 24.3 Å². The van der Waals surface area contributed by atoms with Gasteiger partial charge in [0.25, 0.3) is 5.91 Å². The number of urea groups is 1. The molecule has 1 spiro atoms. The lowest BCUT2D eigenvalue weighted by molar-refractivity contribution is -0.135. The molecule has 27 heavy (non-hydrogen) atoms. The Morgan fingerprint density at radius 3 is 2.59 bits per heavy atom. The van der Waals surface area contributed by atoms with Gasteiger partial charge in [-0.25, -0.2) is 4.79 Å². The Kier molecular flexibility index (Phi) is 5.83. The van der Waals surface area contributed by atoms with Gasteiger partial charge < -0.3 is 20.1 Å². The van der Waals surface area contributed by atoms with Crippen molar-refractivity contribution in [3.63, 3.8) is 0 Å². The van der Waals surface area contributed by atoms with Gasteiger partial charge in [-0.15, -0.1) is 0 Å². The van der Waals surface area contributed by atoms with Gasteiger partial charge in [0.15, 0.2) is 11.5 Å². The highest BCUT2D eigenvalue weighted by atomic mass is 16.5. The lowest BCUT2D eigenvalue weighted by Crippen LogP contribution is -2.49. The van der Waals surface area contributed by atoms with Crippen molar-refractivity contribution in [2.24, 2.45) is 0 Å². The van der Waals surface area contributed by atoms with E-state index in [-0.39, 0.29) is 25.6 Å². The van der Waals surface area contributed by atoms with Crippen LogP contribution in [0.5, 0.6) is 11.5 Å². The van der Waals surface area contributed by atoms with Crippen LogP contribution in [0.4, 0.5) is 4.79 Å². The van der Waals surface area contributed by atoms with Gasteiger partial charge in [0.1, 0.15) is 18.7 Å². The number of carbonyl (C=O) groups is 3. The van der Waals surface area contributed by atoms with Gasteiger partial charge in [-0.1, -0.05) is 31.4 Å². The van der Waals surface area contributed by atoms with Crippen molar-refractivity contribution in [2.75, 3.05) is 26.8 Å². The monoisotopic (exact) mass is 375 g/mol. The first-order valence-corrected chi connectivity index (χ1v) is 9.22. The summed E-state index contributed by atoms with van der Waals surface area (Å²) in [6.07, 6.45) is 4.17. The van der Waals surface area contributed by atoms with E-state index in [1.807, 2.05) is 12.1 Å². The van der Waals surface area contributed by atoms with Crippen LogP contribution in [0.25, 0.3) is 0 Å². The second-order valence-electron chi connectivity index (χ2n) is 6.81. The highest BCUT2D eigenvalue weighted by Crippen LogP contribution is 2.33. The van der Waals surface area contributed by atoms with Crippen molar-refractivity contribution in [3.8, 4) is 11.5 Å². The highest BCUT2D eigenvalue weighted by molar-refractivity contribution is 6.09. The molecule has 146 valence electrons. The minimum absolute atomic E-state index is 0.246. The molecule has 0 atom stereocenters. The van der Waals surface area contributed by atoms with Crippen LogP contribution in [0.3, 0.4) is 0 Å². The van der Waals surface area contributed by atoms with E-state index in [0.717, 1.165) is 24.2 Å². The van der Waals surface area contributed by atoms with E-state index < -0.39 is 17.5 Å². The number of methoxy groups -OCH3 is 1. The summed E-state index contributed by atoms with van der Waals surface area (Å²) in [7, 11) is 1.56. The number of para-hydroxylation sites is 2. The molecule has 1 aromatic rings. The summed E-state index contributed by atoms with van der Waals surface area (Å²) in [6, 6.07) is 6.74. The number of hydrogen-bond donors (Lipinski definition) is 2. The number of benzene rings is 1. The van der Waals surface area contributed by atoms with Gasteiger partial charge in [-0.05, 0) is 25.0 Å². The Morgan fingerprint density at radius 1 is 1.19 bits per heavy atom. The SMILES string of the molecule is COc1ccccc1OCCNC(=O)CN1C(=O)NC2(CCCCC2)C1=O. The van der Waals surface area contributed by atoms with Gasteiger partial charge in [-0.2, -0.15) is 0 Å². The van der Waals surface area contributed by atoms with E-state index in [1.54, 1.807) is 19.2 Å². The molecule has 1 heterocycles. The number of imide groups is 1. The van der Waals surface area contributed by atoms with E-state index in [4.69, 9.17) is 9.47 Å². The molecule has 1 saturated carbocycles. The minimum atomic E-state index is -0.803. The Labute approximate surface area is 158 Å². The van der Waals surface area contributed by atoms with Crippen molar-refractivity contribution in [2.45, 2.75) is 37.6 Å². The first-order valence-electron chi connectivity index (χ1n) is 9.22. The summed E-state index contributed by atoms with van der Waals surface area (Å²) in [6.45, 7) is 0.225. The number of nitrogens with one attached hydrogen (secondary N) is 2. The second kappa shape index (κ2) is 8.28. The fourth-order valence-electron chi connectivity index (χ4n) is 3.60. The molecule has 1 aromatic carbocycles. The molecule has 2 N–H and O–H groups in total. The second-order valence-corrected chi connectivity index (χ2v) is 6.81. The molecular weight excluding hydrogens is 350 g/mol. The quantitative estimate of drug-likeness (QED) is 0.555. The number of nitrogens with zero attached hydrogens (tertiary/aromatic N) is 1. The fraction of sp³-hybridized carbons (Fsp3) is 0.526. The average Bonchev–Trinajstić information content (AvgIpc) is 2.90. The summed E-state index contributed by atoms with van der Waals surface area (Å²) in [4.78, 5) is 37.9. The molecule has 2 aliphatic rings. The predicted octanol–water partition coefficient (Wildman–Crippen LogP) is 1.44. The third kappa shape index (κ3) is 4.15. The van der Waals surface area contributed by atoms with E-state index in [1.165, 1.54) is 0 Å². The molecular formula is C19H25N3O5. The smallest absolute Gasteiger partial charge is 0.325 e. The summed E-state index contributed by atoms with van der Waals surface area (Å²) in [5.74, 6) is 0.520. The van der Waals surface area contributed by atoms with Crippen molar-refractivity contribution in [1.29, 1.82) is 0 Å². The fourth-order valence-corrected chi connectivity index (χ4v) is 3.60.